The molecule has 0 radical (unpaired) electrons. The van der Waals surface area contributed by atoms with Crippen molar-refractivity contribution >= 4 is 22.6 Å². The standard InChI is InChI=1S/C35H45N5O2/c1-24-17-25(2)31(34(41)18-24)21-36-35(42)30-19-28(20-33-32(30)22-37-40(33)29-9-6-7-10-29)27-13-11-26(12-14-27)23-39(5)16-8-15-38(3)4/h11-14,17,19-20,22,29H,6-10,15-16,18,21,23H2,1-5H3,(H,36,42). The van der Waals surface area contributed by atoms with Gasteiger partial charge in [-0.2, -0.15) is 5.10 Å². The number of carbonyl (C=O) groups excluding carboxylic acids is 2. The average molecular weight is 568 g/mol. The zero-order valence-corrected chi connectivity index (χ0v) is 25.9. The number of Topliss-reactive ketones (excluding diaryl/α,β-unsaturated/α-hetero) is 1. The largest absolute Gasteiger partial charge is 0.348 e. The Labute approximate surface area is 250 Å². The number of ketones is 1. The molecule has 5 rings (SSSR count). The fraction of sp³-hybridized carbons (Fsp3) is 0.457. The van der Waals surface area contributed by atoms with Gasteiger partial charge >= 0.3 is 0 Å². The number of benzene rings is 2. The summed E-state index contributed by atoms with van der Waals surface area (Å²) in [5, 5.41) is 8.69. The summed E-state index contributed by atoms with van der Waals surface area (Å²) in [4.78, 5) is 30.9. The number of rotatable bonds is 11. The molecule has 3 aromatic rings. The Kier molecular flexibility index (Phi) is 9.39. The van der Waals surface area contributed by atoms with Crippen molar-refractivity contribution in [3.8, 4) is 11.1 Å². The van der Waals surface area contributed by atoms with Crippen molar-refractivity contribution in [2.75, 3.05) is 40.8 Å². The van der Waals surface area contributed by atoms with Gasteiger partial charge in [0.15, 0.2) is 5.78 Å². The summed E-state index contributed by atoms with van der Waals surface area (Å²) in [6.07, 6.45) is 10.1. The van der Waals surface area contributed by atoms with Crippen LogP contribution in [0.4, 0.5) is 0 Å². The highest BCUT2D eigenvalue weighted by Crippen LogP contribution is 2.35. The lowest BCUT2D eigenvalue weighted by Gasteiger charge is -2.18. The zero-order chi connectivity index (χ0) is 29.8. The van der Waals surface area contributed by atoms with E-state index in [4.69, 9.17) is 5.10 Å². The van der Waals surface area contributed by atoms with Crippen LogP contribution in [0.25, 0.3) is 22.0 Å². The minimum Gasteiger partial charge on any atom is -0.348 e. The smallest absolute Gasteiger partial charge is 0.252 e. The molecule has 1 amide bonds. The fourth-order valence-corrected chi connectivity index (χ4v) is 6.38. The van der Waals surface area contributed by atoms with E-state index >= 15 is 0 Å². The fourth-order valence-electron chi connectivity index (χ4n) is 6.38. The maximum Gasteiger partial charge on any atom is 0.252 e. The van der Waals surface area contributed by atoms with E-state index in [9.17, 15) is 9.59 Å². The normalized spacial score (nSPS) is 16.3. The Bertz CT molecular complexity index is 1510. The molecule has 2 aliphatic rings. The first-order chi connectivity index (χ1) is 20.2. The van der Waals surface area contributed by atoms with E-state index in [1.165, 1.54) is 18.4 Å². The molecule has 1 fully saturated rings. The molecule has 1 N–H and O–H groups in total. The van der Waals surface area contributed by atoms with Crippen LogP contribution in [0.2, 0.25) is 0 Å². The minimum absolute atomic E-state index is 0.0872. The van der Waals surface area contributed by atoms with Crippen LogP contribution in [-0.2, 0) is 11.3 Å². The molecule has 0 bridgehead atoms. The van der Waals surface area contributed by atoms with Gasteiger partial charge in [-0.15, -0.1) is 0 Å². The summed E-state index contributed by atoms with van der Waals surface area (Å²) in [6.45, 7) is 7.18. The Morgan fingerprint density at radius 2 is 1.76 bits per heavy atom. The minimum atomic E-state index is -0.178. The van der Waals surface area contributed by atoms with Crippen molar-refractivity contribution in [1.29, 1.82) is 0 Å². The number of aromatic nitrogens is 2. The molecule has 0 unspecified atom stereocenters. The van der Waals surface area contributed by atoms with Gasteiger partial charge in [-0.3, -0.25) is 14.3 Å². The molecular weight excluding hydrogens is 522 g/mol. The van der Waals surface area contributed by atoms with Gasteiger partial charge in [0.1, 0.15) is 0 Å². The number of nitrogens with one attached hydrogen (secondary N) is 1. The van der Waals surface area contributed by atoms with Crippen molar-refractivity contribution in [3.63, 3.8) is 0 Å². The van der Waals surface area contributed by atoms with Crippen LogP contribution < -0.4 is 5.32 Å². The highest BCUT2D eigenvalue weighted by molar-refractivity contribution is 6.08. The molecule has 7 nitrogen and oxygen atoms in total. The topological polar surface area (TPSA) is 70.5 Å². The van der Waals surface area contributed by atoms with E-state index in [0.29, 0.717) is 23.6 Å². The Morgan fingerprint density at radius 1 is 1.02 bits per heavy atom. The van der Waals surface area contributed by atoms with Crippen molar-refractivity contribution in [1.82, 2.24) is 24.9 Å². The van der Waals surface area contributed by atoms with Gasteiger partial charge in [0.05, 0.1) is 23.3 Å². The number of hydrogen-bond donors (Lipinski definition) is 1. The Balaban J connectivity index is 1.41. The molecule has 7 heteroatoms. The summed E-state index contributed by atoms with van der Waals surface area (Å²) < 4.78 is 2.13. The molecule has 2 aliphatic carbocycles. The van der Waals surface area contributed by atoms with Crippen molar-refractivity contribution in [2.45, 2.75) is 65.0 Å². The predicted molar refractivity (Wildman–Crippen MR) is 171 cm³/mol. The van der Waals surface area contributed by atoms with E-state index in [0.717, 1.165) is 72.1 Å². The molecule has 0 aliphatic heterocycles. The summed E-state index contributed by atoms with van der Waals surface area (Å²) in [5.41, 5.74) is 7.62. The van der Waals surface area contributed by atoms with Crippen LogP contribution in [0.15, 0.2) is 65.4 Å². The van der Waals surface area contributed by atoms with E-state index in [2.05, 4.69) is 71.3 Å². The Morgan fingerprint density at radius 3 is 2.45 bits per heavy atom. The SMILES string of the molecule is CC1=CC(C)=C(CNC(=O)c2cc(-c3ccc(CN(C)CCCN(C)C)cc3)cc3c2cnn3C2CCCC2)C(=O)C1. The van der Waals surface area contributed by atoms with Crippen molar-refractivity contribution < 1.29 is 9.59 Å². The number of carbonyl (C=O) groups is 2. The van der Waals surface area contributed by atoms with Crippen LogP contribution in [0.5, 0.6) is 0 Å². The number of amides is 1. The van der Waals surface area contributed by atoms with Gasteiger partial charge in [0.2, 0.25) is 0 Å². The monoisotopic (exact) mass is 567 g/mol. The van der Waals surface area contributed by atoms with Crippen LogP contribution in [-0.4, -0.2) is 72.0 Å². The van der Waals surface area contributed by atoms with Crippen molar-refractivity contribution in [3.05, 3.63) is 76.5 Å². The number of nitrogens with zero attached hydrogens (tertiary/aromatic N) is 4. The second-order valence-corrected chi connectivity index (χ2v) is 12.5. The van der Waals surface area contributed by atoms with E-state index in [1.807, 2.05) is 32.2 Å². The zero-order valence-electron chi connectivity index (χ0n) is 25.9. The highest BCUT2D eigenvalue weighted by atomic mass is 16.2. The molecule has 42 heavy (non-hydrogen) atoms. The second-order valence-electron chi connectivity index (χ2n) is 12.5. The molecule has 0 atom stereocenters. The third-order valence-corrected chi connectivity index (χ3v) is 8.66. The maximum atomic E-state index is 13.7. The first-order valence-corrected chi connectivity index (χ1v) is 15.3. The molecule has 222 valence electrons. The van der Waals surface area contributed by atoms with Gasteiger partial charge in [-0.05, 0) is 102 Å². The van der Waals surface area contributed by atoms with Gasteiger partial charge < -0.3 is 15.1 Å². The lowest BCUT2D eigenvalue weighted by Crippen LogP contribution is -2.29. The second kappa shape index (κ2) is 13.2. The maximum absolute atomic E-state index is 13.7. The van der Waals surface area contributed by atoms with Crippen LogP contribution >= 0.6 is 0 Å². The number of hydrogen-bond acceptors (Lipinski definition) is 5. The molecular formula is C35H45N5O2. The molecule has 0 spiro atoms. The van der Waals surface area contributed by atoms with Gasteiger partial charge in [-0.25, -0.2) is 0 Å². The van der Waals surface area contributed by atoms with Crippen molar-refractivity contribution in [2.24, 2.45) is 0 Å². The van der Waals surface area contributed by atoms with E-state index in [1.54, 1.807) is 0 Å². The van der Waals surface area contributed by atoms with Gasteiger partial charge in [0, 0.05) is 30.5 Å². The third-order valence-electron chi connectivity index (χ3n) is 8.66. The van der Waals surface area contributed by atoms with E-state index in [-0.39, 0.29) is 18.2 Å². The summed E-state index contributed by atoms with van der Waals surface area (Å²) in [5.74, 6) is -0.0904. The molecule has 1 saturated carbocycles. The summed E-state index contributed by atoms with van der Waals surface area (Å²) in [6, 6.07) is 13.2. The van der Waals surface area contributed by atoms with Gasteiger partial charge in [0.25, 0.3) is 5.91 Å². The first-order valence-electron chi connectivity index (χ1n) is 15.3. The molecule has 2 aromatic carbocycles. The summed E-state index contributed by atoms with van der Waals surface area (Å²) in [7, 11) is 6.39. The molecule has 0 saturated heterocycles. The average Bonchev–Trinajstić information content (AvgIpc) is 3.62. The highest BCUT2D eigenvalue weighted by Gasteiger charge is 2.24. The number of allylic oxidation sites excluding steroid dienone is 3. The summed E-state index contributed by atoms with van der Waals surface area (Å²) >= 11 is 0. The third kappa shape index (κ3) is 6.90. The van der Waals surface area contributed by atoms with Gasteiger partial charge in [-0.1, -0.05) is 48.8 Å². The lowest BCUT2D eigenvalue weighted by molar-refractivity contribution is -0.115. The van der Waals surface area contributed by atoms with E-state index < -0.39 is 0 Å². The predicted octanol–water partition coefficient (Wildman–Crippen LogP) is 6.17. The Hall–Kier alpha value is -3.55. The molecule has 1 heterocycles. The lowest BCUT2D eigenvalue weighted by atomic mass is 9.92. The molecule has 1 aromatic heterocycles. The van der Waals surface area contributed by atoms with Crippen LogP contribution in [0, 0.1) is 0 Å². The number of fused-ring (bicyclic) bond motifs is 1. The first kappa shape index (κ1) is 29.9. The quantitative estimate of drug-likeness (QED) is 0.300. The van der Waals surface area contributed by atoms with Crippen LogP contribution in [0.1, 0.15) is 74.3 Å². The van der Waals surface area contributed by atoms with Crippen LogP contribution in [0.3, 0.4) is 0 Å².